The highest BCUT2D eigenvalue weighted by atomic mass is 16.3. The molecule has 0 spiro atoms. The molecule has 1 N–H and O–H groups in total. The second-order valence-electron chi connectivity index (χ2n) is 6.62. The van der Waals surface area contributed by atoms with Gasteiger partial charge in [-0.25, -0.2) is 4.98 Å². The van der Waals surface area contributed by atoms with Gasteiger partial charge >= 0.3 is 0 Å². The van der Waals surface area contributed by atoms with Gasteiger partial charge in [0, 0.05) is 12.6 Å². The number of amides is 1. The SMILES string of the molecule is Cc1cccc2c(=O)n(CC(=O)N3CCCC3CC(C)O)cnc12. The number of aryl methyl sites for hydroxylation is 1. The maximum absolute atomic E-state index is 12.6. The predicted octanol–water partition coefficient (Wildman–Crippen LogP) is 1.47. The van der Waals surface area contributed by atoms with Crippen molar-refractivity contribution >= 4 is 16.8 Å². The number of rotatable bonds is 4. The van der Waals surface area contributed by atoms with Crippen molar-refractivity contribution in [3.63, 3.8) is 0 Å². The van der Waals surface area contributed by atoms with Crippen LogP contribution in [0.3, 0.4) is 0 Å². The number of likely N-dealkylation sites (tertiary alicyclic amines) is 1. The van der Waals surface area contributed by atoms with E-state index < -0.39 is 6.10 Å². The molecule has 3 rings (SSSR count). The lowest BCUT2D eigenvalue weighted by Gasteiger charge is -2.26. The van der Waals surface area contributed by atoms with E-state index in [4.69, 9.17) is 0 Å². The van der Waals surface area contributed by atoms with E-state index in [1.165, 1.54) is 10.9 Å². The number of aromatic nitrogens is 2. The normalized spacial score (nSPS) is 19.0. The van der Waals surface area contributed by atoms with E-state index in [9.17, 15) is 14.7 Å². The van der Waals surface area contributed by atoms with Crippen molar-refractivity contribution in [3.05, 3.63) is 40.4 Å². The van der Waals surface area contributed by atoms with Crippen molar-refractivity contribution in [1.29, 1.82) is 0 Å². The first-order chi connectivity index (χ1) is 11.5. The molecular formula is C18H23N3O3. The van der Waals surface area contributed by atoms with Crippen molar-refractivity contribution in [3.8, 4) is 0 Å². The zero-order valence-corrected chi connectivity index (χ0v) is 14.1. The Labute approximate surface area is 140 Å². The standard InChI is InChI=1S/C18H23N3O3/c1-12-5-3-7-15-17(12)19-11-20(18(15)24)10-16(23)21-8-4-6-14(21)9-13(2)22/h3,5,7,11,13-14,22H,4,6,8-10H2,1-2H3. The lowest BCUT2D eigenvalue weighted by molar-refractivity contribution is -0.133. The molecule has 1 saturated heterocycles. The van der Waals surface area contributed by atoms with Crippen LogP contribution in [0, 0.1) is 6.92 Å². The third kappa shape index (κ3) is 3.19. The van der Waals surface area contributed by atoms with E-state index in [1.807, 2.05) is 19.1 Å². The average molecular weight is 329 g/mol. The topological polar surface area (TPSA) is 75.4 Å². The number of hydrogen-bond acceptors (Lipinski definition) is 4. The van der Waals surface area contributed by atoms with Crippen LogP contribution in [-0.4, -0.2) is 44.2 Å². The van der Waals surface area contributed by atoms with Crippen molar-refractivity contribution in [1.82, 2.24) is 14.5 Å². The van der Waals surface area contributed by atoms with E-state index in [2.05, 4.69) is 4.98 Å². The van der Waals surface area contributed by atoms with E-state index in [0.29, 0.717) is 23.9 Å². The molecule has 0 radical (unpaired) electrons. The molecule has 24 heavy (non-hydrogen) atoms. The fourth-order valence-electron chi connectivity index (χ4n) is 3.49. The zero-order valence-electron chi connectivity index (χ0n) is 14.1. The second-order valence-corrected chi connectivity index (χ2v) is 6.62. The van der Waals surface area contributed by atoms with E-state index in [1.54, 1.807) is 17.9 Å². The van der Waals surface area contributed by atoms with Crippen LogP contribution in [0.4, 0.5) is 0 Å². The summed E-state index contributed by atoms with van der Waals surface area (Å²) in [7, 11) is 0. The van der Waals surface area contributed by atoms with Gasteiger partial charge in [0.05, 0.1) is 23.3 Å². The minimum atomic E-state index is -0.434. The lowest BCUT2D eigenvalue weighted by atomic mass is 10.1. The van der Waals surface area contributed by atoms with Crippen LogP contribution in [0.5, 0.6) is 0 Å². The smallest absolute Gasteiger partial charge is 0.261 e. The van der Waals surface area contributed by atoms with E-state index in [0.717, 1.165) is 18.4 Å². The van der Waals surface area contributed by atoms with Crippen LogP contribution < -0.4 is 5.56 Å². The molecule has 0 bridgehead atoms. The molecular weight excluding hydrogens is 306 g/mol. The first-order valence-electron chi connectivity index (χ1n) is 8.39. The Morgan fingerprint density at radius 3 is 3.00 bits per heavy atom. The number of aliphatic hydroxyl groups is 1. The summed E-state index contributed by atoms with van der Waals surface area (Å²) >= 11 is 0. The first-order valence-corrected chi connectivity index (χ1v) is 8.39. The third-order valence-corrected chi connectivity index (χ3v) is 4.67. The van der Waals surface area contributed by atoms with Gasteiger partial charge in [0.2, 0.25) is 5.91 Å². The van der Waals surface area contributed by atoms with Crippen molar-refractivity contribution < 1.29 is 9.90 Å². The average Bonchev–Trinajstić information content (AvgIpc) is 2.98. The highest BCUT2D eigenvalue weighted by molar-refractivity contribution is 5.81. The van der Waals surface area contributed by atoms with Gasteiger partial charge in [-0.15, -0.1) is 0 Å². The van der Waals surface area contributed by atoms with Crippen LogP contribution in [0.25, 0.3) is 10.9 Å². The number of carbonyl (C=O) groups is 1. The second kappa shape index (κ2) is 6.73. The van der Waals surface area contributed by atoms with Gasteiger partial charge < -0.3 is 10.0 Å². The molecule has 1 aliphatic heterocycles. The number of nitrogens with zero attached hydrogens (tertiary/aromatic N) is 3. The van der Waals surface area contributed by atoms with E-state index in [-0.39, 0.29) is 24.1 Å². The Hall–Kier alpha value is -2.21. The van der Waals surface area contributed by atoms with Crippen molar-refractivity contribution in [2.75, 3.05) is 6.54 Å². The van der Waals surface area contributed by atoms with Crippen LogP contribution >= 0.6 is 0 Å². The largest absolute Gasteiger partial charge is 0.393 e. The Balaban J connectivity index is 1.83. The third-order valence-electron chi connectivity index (χ3n) is 4.67. The molecule has 0 aliphatic carbocycles. The van der Waals surface area contributed by atoms with Gasteiger partial charge in [0.15, 0.2) is 0 Å². The molecule has 1 amide bonds. The summed E-state index contributed by atoms with van der Waals surface area (Å²) in [5, 5.41) is 10.1. The Morgan fingerprint density at radius 2 is 2.25 bits per heavy atom. The summed E-state index contributed by atoms with van der Waals surface area (Å²) in [6.07, 6.45) is 3.44. The minimum absolute atomic E-state index is 0.00791. The Morgan fingerprint density at radius 1 is 1.46 bits per heavy atom. The molecule has 2 aromatic rings. The maximum Gasteiger partial charge on any atom is 0.261 e. The van der Waals surface area contributed by atoms with Gasteiger partial charge in [-0.2, -0.15) is 0 Å². The minimum Gasteiger partial charge on any atom is -0.393 e. The van der Waals surface area contributed by atoms with Crippen molar-refractivity contribution in [2.24, 2.45) is 0 Å². The van der Waals surface area contributed by atoms with Gasteiger partial charge in [0.25, 0.3) is 5.56 Å². The Kier molecular flexibility index (Phi) is 4.66. The summed E-state index contributed by atoms with van der Waals surface area (Å²) in [6, 6.07) is 5.54. The highest BCUT2D eigenvalue weighted by Crippen LogP contribution is 2.22. The van der Waals surface area contributed by atoms with Gasteiger partial charge in [-0.3, -0.25) is 14.2 Å². The summed E-state index contributed by atoms with van der Waals surface area (Å²) in [5.74, 6) is -0.0888. The summed E-state index contributed by atoms with van der Waals surface area (Å²) in [5.41, 5.74) is 1.43. The van der Waals surface area contributed by atoms with Crippen LogP contribution in [0.1, 0.15) is 31.7 Å². The lowest BCUT2D eigenvalue weighted by Crippen LogP contribution is -2.40. The maximum atomic E-state index is 12.6. The van der Waals surface area contributed by atoms with Crippen LogP contribution in [0.2, 0.25) is 0 Å². The number of hydrogen-bond donors (Lipinski definition) is 1. The summed E-state index contributed by atoms with van der Waals surface area (Å²) in [4.78, 5) is 31.4. The molecule has 6 heteroatoms. The Bertz CT molecular complexity index is 813. The number of aliphatic hydroxyl groups excluding tert-OH is 1. The van der Waals surface area contributed by atoms with Gasteiger partial charge in [-0.05, 0) is 44.7 Å². The molecule has 6 nitrogen and oxygen atoms in total. The summed E-state index contributed by atoms with van der Waals surface area (Å²) < 4.78 is 1.38. The molecule has 128 valence electrons. The molecule has 1 aromatic heterocycles. The molecule has 0 saturated carbocycles. The number of fused-ring (bicyclic) bond motifs is 1. The fraction of sp³-hybridized carbons (Fsp3) is 0.500. The number of para-hydroxylation sites is 1. The molecule has 1 aliphatic rings. The predicted molar refractivity (Wildman–Crippen MR) is 91.8 cm³/mol. The van der Waals surface area contributed by atoms with Crippen molar-refractivity contribution in [2.45, 2.75) is 51.8 Å². The quantitative estimate of drug-likeness (QED) is 0.921. The molecule has 1 fully saturated rings. The first kappa shape index (κ1) is 16.6. The molecule has 2 atom stereocenters. The van der Waals surface area contributed by atoms with E-state index >= 15 is 0 Å². The van der Waals surface area contributed by atoms with Crippen LogP contribution in [0.15, 0.2) is 29.3 Å². The number of benzene rings is 1. The fourth-order valence-corrected chi connectivity index (χ4v) is 3.49. The highest BCUT2D eigenvalue weighted by Gasteiger charge is 2.29. The number of carbonyl (C=O) groups excluding carboxylic acids is 1. The molecule has 2 unspecified atom stereocenters. The summed E-state index contributed by atoms with van der Waals surface area (Å²) in [6.45, 7) is 4.33. The van der Waals surface area contributed by atoms with Gasteiger partial charge in [0.1, 0.15) is 6.54 Å². The zero-order chi connectivity index (χ0) is 17.3. The van der Waals surface area contributed by atoms with Gasteiger partial charge in [-0.1, -0.05) is 12.1 Å². The molecule has 1 aromatic carbocycles. The molecule has 2 heterocycles. The van der Waals surface area contributed by atoms with Crippen LogP contribution in [-0.2, 0) is 11.3 Å². The monoisotopic (exact) mass is 329 g/mol.